The standard InChI is InChI=1S/C15H18BrN3O2/c1-9-13(10(2)19(3)18-9)8-17-15(20)12-7-11(21-4)5-6-14(12)16/h5-7H,8H2,1-4H3,(H,17,20). The Morgan fingerprint density at radius 3 is 2.71 bits per heavy atom. The number of rotatable bonds is 4. The molecule has 1 aromatic carbocycles. The van der Waals surface area contributed by atoms with Gasteiger partial charge in [0.2, 0.25) is 0 Å². The number of hydrogen-bond acceptors (Lipinski definition) is 3. The van der Waals surface area contributed by atoms with Crippen LogP contribution in [0.1, 0.15) is 27.3 Å². The van der Waals surface area contributed by atoms with Gasteiger partial charge in [-0.25, -0.2) is 0 Å². The summed E-state index contributed by atoms with van der Waals surface area (Å²) in [6.07, 6.45) is 0. The quantitative estimate of drug-likeness (QED) is 0.921. The zero-order valence-corrected chi connectivity index (χ0v) is 14.1. The predicted molar refractivity (Wildman–Crippen MR) is 84.5 cm³/mol. The molecule has 1 aromatic heterocycles. The molecule has 0 saturated heterocycles. The Hall–Kier alpha value is -1.82. The van der Waals surface area contributed by atoms with Gasteiger partial charge in [-0.05, 0) is 48.0 Å². The fraction of sp³-hybridized carbons (Fsp3) is 0.333. The summed E-state index contributed by atoms with van der Waals surface area (Å²) in [5.74, 6) is 0.500. The van der Waals surface area contributed by atoms with Crippen LogP contribution in [0.3, 0.4) is 0 Å². The van der Waals surface area contributed by atoms with Crippen LogP contribution in [0, 0.1) is 13.8 Å². The van der Waals surface area contributed by atoms with E-state index in [1.54, 1.807) is 25.3 Å². The first-order chi connectivity index (χ1) is 9.93. The minimum atomic E-state index is -0.150. The van der Waals surface area contributed by atoms with Crippen molar-refractivity contribution < 1.29 is 9.53 Å². The molecule has 1 N–H and O–H groups in total. The minimum absolute atomic E-state index is 0.150. The van der Waals surface area contributed by atoms with E-state index in [0.29, 0.717) is 17.9 Å². The molecule has 0 fully saturated rings. The minimum Gasteiger partial charge on any atom is -0.497 e. The summed E-state index contributed by atoms with van der Waals surface area (Å²) in [7, 11) is 3.47. The SMILES string of the molecule is COc1ccc(Br)c(C(=O)NCc2c(C)nn(C)c2C)c1. The number of nitrogens with one attached hydrogen (secondary N) is 1. The Labute approximate surface area is 132 Å². The summed E-state index contributed by atoms with van der Waals surface area (Å²) in [6, 6.07) is 5.31. The van der Waals surface area contributed by atoms with Crippen molar-refractivity contribution in [2.45, 2.75) is 20.4 Å². The van der Waals surface area contributed by atoms with Crippen LogP contribution in [0.2, 0.25) is 0 Å². The fourth-order valence-corrected chi connectivity index (χ4v) is 2.57. The normalized spacial score (nSPS) is 10.5. The van der Waals surface area contributed by atoms with E-state index in [2.05, 4.69) is 26.3 Å². The topological polar surface area (TPSA) is 56.1 Å². The van der Waals surface area contributed by atoms with Crippen LogP contribution in [-0.2, 0) is 13.6 Å². The molecule has 1 amide bonds. The van der Waals surface area contributed by atoms with Crippen LogP contribution < -0.4 is 10.1 Å². The number of aromatic nitrogens is 2. The number of amides is 1. The van der Waals surface area contributed by atoms with Crippen molar-refractivity contribution in [3.8, 4) is 5.75 Å². The van der Waals surface area contributed by atoms with Crippen molar-refractivity contribution in [3.05, 3.63) is 45.2 Å². The van der Waals surface area contributed by atoms with E-state index in [9.17, 15) is 4.79 Å². The van der Waals surface area contributed by atoms with Crippen molar-refractivity contribution in [2.24, 2.45) is 7.05 Å². The van der Waals surface area contributed by atoms with Gasteiger partial charge in [0.1, 0.15) is 5.75 Å². The van der Waals surface area contributed by atoms with Crippen molar-refractivity contribution in [1.82, 2.24) is 15.1 Å². The van der Waals surface area contributed by atoms with E-state index in [1.807, 2.05) is 25.6 Å². The Kier molecular flexibility index (Phi) is 4.67. The zero-order chi connectivity index (χ0) is 15.6. The highest BCUT2D eigenvalue weighted by atomic mass is 79.9. The van der Waals surface area contributed by atoms with E-state index < -0.39 is 0 Å². The molecule has 0 aliphatic heterocycles. The van der Waals surface area contributed by atoms with Gasteiger partial charge in [0.25, 0.3) is 5.91 Å². The monoisotopic (exact) mass is 351 g/mol. The molecule has 2 rings (SSSR count). The lowest BCUT2D eigenvalue weighted by Gasteiger charge is -2.09. The molecule has 0 aliphatic rings. The maximum absolute atomic E-state index is 12.3. The molecule has 0 radical (unpaired) electrons. The predicted octanol–water partition coefficient (Wildman–Crippen LogP) is 2.74. The lowest BCUT2D eigenvalue weighted by molar-refractivity contribution is 0.0949. The number of carbonyl (C=O) groups is 1. The summed E-state index contributed by atoms with van der Waals surface area (Å²) in [4.78, 5) is 12.3. The molecule has 112 valence electrons. The van der Waals surface area contributed by atoms with E-state index in [1.165, 1.54) is 0 Å². The molecular weight excluding hydrogens is 334 g/mol. The maximum Gasteiger partial charge on any atom is 0.252 e. The van der Waals surface area contributed by atoms with Crippen LogP contribution >= 0.6 is 15.9 Å². The highest BCUT2D eigenvalue weighted by molar-refractivity contribution is 9.10. The highest BCUT2D eigenvalue weighted by Gasteiger charge is 2.14. The molecule has 0 saturated carbocycles. The van der Waals surface area contributed by atoms with Crippen LogP contribution in [0.4, 0.5) is 0 Å². The van der Waals surface area contributed by atoms with Crippen LogP contribution in [-0.4, -0.2) is 22.8 Å². The van der Waals surface area contributed by atoms with Gasteiger partial charge in [-0.15, -0.1) is 0 Å². The maximum atomic E-state index is 12.3. The summed E-state index contributed by atoms with van der Waals surface area (Å²) in [5, 5.41) is 7.27. The molecule has 0 atom stereocenters. The Morgan fingerprint density at radius 2 is 2.14 bits per heavy atom. The van der Waals surface area contributed by atoms with Gasteiger partial charge in [-0.2, -0.15) is 5.10 Å². The summed E-state index contributed by atoms with van der Waals surface area (Å²) >= 11 is 3.39. The van der Waals surface area contributed by atoms with E-state index in [4.69, 9.17) is 4.74 Å². The van der Waals surface area contributed by atoms with Gasteiger partial charge in [0.15, 0.2) is 0 Å². The summed E-state index contributed by atoms with van der Waals surface area (Å²) in [5.41, 5.74) is 3.58. The van der Waals surface area contributed by atoms with Gasteiger partial charge < -0.3 is 10.1 Å². The molecule has 0 bridgehead atoms. The van der Waals surface area contributed by atoms with Gasteiger partial charge in [-0.3, -0.25) is 9.48 Å². The first kappa shape index (κ1) is 15.6. The molecule has 6 heteroatoms. The van der Waals surface area contributed by atoms with Crippen LogP contribution in [0.25, 0.3) is 0 Å². The second-order valence-electron chi connectivity index (χ2n) is 4.80. The summed E-state index contributed by atoms with van der Waals surface area (Å²) < 4.78 is 7.70. The molecule has 21 heavy (non-hydrogen) atoms. The Bertz CT molecular complexity index is 680. The Balaban J connectivity index is 2.15. The number of halogens is 1. The van der Waals surface area contributed by atoms with Crippen molar-refractivity contribution >= 4 is 21.8 Å². The third-order valence-corrected chi connectivity index (χ3v) is 4.19. The number of methoxy groups -OCH3 is 1. The second kappa shape index (κ2) is 6.30. The molecule has 0 unspecified atom stereocenters. The van der Waals surface area contributed by atoms with Gasteiger partial charge in [-0.1, -0.05) is 0 Å². The van der Waals surface area contributed by atoms with E-state index >= 15 is 0 Å². The average molecular weight is 352 g/mol. The van der Waals surface area contributed by atoms with Crippen molar-refractivity contribution in [3.63, 3.8) is 0 Å². The number of ether oxygens (including phenoxy) is 1. The molecule has 2 aromatic rings. The van der Waals surface area contributed by atoms with Crippen molar-refractivity contribution in [1.29, 1.82) is 0 Å². The number of nitrogens with zero attached hydrogens (tertiary/aromatic N) is 2. The number of aryl methyl sites for hydroxylation is 2. The number of benzene rings is 1. The molecule has 0 aliphatic carbocycles. The Morgan fingerprint density at radius 1 is 1.43 bits per heavy atom. The zero-order valence-electron chi connectivity index (χ0n) is 12.5. The second-order valence-corrected chi connectivity index (χ2v) is 5.66. The molecular formula is C15H18BrN3O2. The lowest BCUT2D eigenvalue weighted by Crippen LogP contribution is -2.23. The molecule has 1 heterocycles. The third-order valence-electron chi connectivity index (χ3n) is 3.50. The van der Waals surface area contributed by atoms with Gasteiger partial charge >= 0.3 is 0 Å². The van der Waals surface area contributed by atoms with Crippen molar-refractivity contribution in [2.75, 3.05) is 7.11 Å². The highest BCUT2D eigenvalue weighted by Crippen LogP contribution is 2.22. The third kappa shape index (κ3) is 3.26. The van der Waals surface area contributed by atoms with E-state index in [-0.39, 0.29) is 5.91 Å². The number of carbonyl (C=O) groups excluding carboxylic acids is 1. The lowest BCUT2D eigenvalue weighted by atomic mass is 10.1. The van der Waals surface area contributed by atoms with Crippen LogP contribution in [0.15, 0.2) is 22.7 Å². The number of hydrogen-bond donors (Lipinski definition) is 1. The smallest absolute Gasteiger partial charge is 0.252 e. The fourth-order valence-electron chi connectivity index (χ4n) is 2.14. The largest absolute Gasteiger partial charge is 0.497 e. The first-order valence-corrected chi connectivity index (χ1v) is 7.34. The van der Waals surface area contributed by atoms with Gasteiger partial charge in [0.05, 0.1) is 18.4 Å². The molecule has 5 nitrogen and oxygen atoms in total. The molecule has 0 spiro atoms. The summed E-state index contributed by atoms with van der Waals surface area (Å²) in [6.45, 7) is 4.38. The van der Waals surface area contributed by atoms with Crippen LogP contribution in [0.5, 0.6) is 5.75 Å². The van der Waals surface area contributed by atoms with Gasteiger partial charge in [0, 0.05) is 29.3 Å². The average Bonchev–Trinajstić information content (AvgIpc) is 2.70. The van der Waals surface area contributed by atoms with E-state index in [0.717, 1.165) is 21.4 Å². The first-order valence-electron chi connectivity index (χ1n) is 6.55.